The number of ether oxygens (including phenoxy) is 1. The molecule has 0 atom stereocenters. The summed E-state index contributed by atoms with van der Waals surface area (Å²) >= 11 is 4.78. The Labute approximate surface area is 104 Å². The second-order valence-corrected chi connectivity index (χ2v) is 4.68. The van der Waals surface area contributed by atoms with Crippen LogP contribution in [0, 0.1) is 0 Å². The zero-order chi connectivity index (χ0) is 12.9. The molecule has 3 nitrogen and oxygen atoms in total. The number of rotatable bonds is 8. The molecule has 0 unspecified atom stereocenters. The second-order valence-electron chi connectivity index (χ2n) is 4.15. The number of nitrogens with two attached hydrogens (primary N) is 1. The van der Waals surface area contributed by atoms with Gasteiger partial charge in [0.2, 0.25) is 0 Å². The molecule has 1 aliphatic rings. The van der Waals surface area contributed by atoms with Crippen LogP contribution in [0.1, 0.15) is 19.3 Å². The molecule has 1 rings (SSSR count). The van der Waals surface area contributed by atoms with Crippen LogP contribution in [-0.4, -0.2) is 48.4 Å². The highest BCUT2D eigenvalue weighted by Gasteiger charge is 2.30. The average Bonchev–Trinajstić information content (AvgIpc) is 2.98. The molecule has 0 radical (unpaired) electrons. The fourth-order valence-electron chi connectivity index (χ4n) is 1.54. The Hall–Kier alpha value is -0.400. The third-order valence-electron chi connectivity index (χ3n) is 2.50. The van der Waals surface area contributed by atoms with Crippen molar-refractivity contribution < 1.29 is 17.9 Å². The Kier molecular flexibility index (Phi) is 5.61. The van der Waals surface area contributed by atoms with Crippen LogP contribution < -0.4 is 5.73 Å². The summed E-state index contributed by atoms with van der Waals surface area (Å²) in [6.45, 7) is 0.118. The van der Waals surface area contributed by atoms with E-state index >= 15 is 0 Å². The molecule has 7 heteroatoms. The molecule has 0 aromatic rings. The summed E-state index contributed by atoms with van der Waals surface area (Å²) in [4.78, 5) is 2.53. The van der Waals surface area contributed by atoms with Crippen molar-refractivity contribution in [3.8, 4) is 0 Å². The summed E-state index contributed by atoms with van der Waals surface area (Å²) in [5, 5.41) is 0. The molecule has 1 saturated carbocycles. The lowest BCUT2D eigenvalue weighted by atomic mass is 10.3. The summed E-state index contributed by atoms with van der Waals surface area (Å²) in [5.74, 6) is 0. The Morgan fingerprint density at radius 2 is 2.00 bits per heavy atom. The number of hydrogen-bond acceptors (Lipinski definition) is 3. The normalized spacial score (nSPS) is 16.5. The van der Waals surface area contributed by atoms with Crippen LogP contribution in [0.25, 0.3) is 0 Å². The number of hydrogen-bond donors (Lipinski definition) is 1. The largest absolute Gasteiger partial charge is 0.411 e. The van der Waals surface area contributed by atoms with Gasteiger partial charge in [-0.1, -0.05) is 12.2 Å². The van der Waals surface area contributed by atoms with Crippen molar-refractivity contribution in [2.45, 2.75) is 31.5 Å². The Morgan fingerprint density at radius 3 is 2.47 bits per heavy atom. The maximum absolute atomic E-state index is 11.8. The van der Waals surface area contributed by atoms with Crippen molar-refractivity contribution in [2.24, 2.45) is 5.73 Å². The van der Waals surface area contributed by atoms with Gasteiger partial charge in [0.05, 0.1) is 11.6 Å². The van der Waals surface area contributed by atoms with E-state index < -0.39 is 12.8 Å². The summed E-state index contributed by atoms with van der Waals surface area (Å²) in [7, 11) is 0. The van der Waals surface area contributed by atoms with E-state index in [0.717, 1.165) is 12.8 Å². The van der Waals surface area contributed by atoms with E-state index in [9.17, 15) is 13.2 Å². The predicted molar refractivity (Wildman–Crippen MR) is 62.9 cm³/mol. The summed E-state index contributed by atoms with van der Waals surface area (Å²) < 4.78 is 40.1. The van der Waals surface area contributed by atoms with E-state index in [0.29, 0.717) is 30.5 Å². The lowest BCUT2D eigenvalue weighted by molar-refractivity contribution is -0.174. The first kappa shape index (κ1) is 14.7. The first-order chi connectivity index (χ1) is 7.88. The number of halogens is 3. The van der Waals surface area contributed by atoms with Crippen molar-refractivity contribution in [3.05, 3.63) is 0 Å². The third kappa shape index (κ3) is 7.51. The Bertz CT molecular complexity index is 256. The monoisotopic (exact) mass is 270 g/mol. The van der Waals surface area contributed by atoms with Crippen molar-refractivity contribution in [1.29, 1.82) is 0 Å². The first-order valence-corrected chi connectivity index (χ1v) is 5.96. The van der Waals surface area contributed by atoms with Gasteiger partial charge in [-0.2, -0.15) is 13.2 Å². The summed E-state index contributed by atoms with van der Waals surface area (Å²) in [6, 6.07) is 0.471. The highest BCUT2D eigenvalue weighted by Crippen LogP contribution is 2.26. The number of nitrogens with zero attached hydrogens (tertiary/aromatic N) is 1. The minimum atomic E-state index is -4.25. The molecule has 17 heavy (non-hydrogen) atoms. The van der Waals surface area contributed by atoms with Crippen molar-refractivity contribution in [3.63, 3.8) is 0 Å². The maximum Gasteiger partial charge on any atom is 0.411 e. The van der Waals surface area contributed by atoms with Gasteiger partial charge in [0, 0.05) is 25.6 Å². The molecule has 1 aliphatic carbocycles. The van der Waals surface area contributed by atoms with Crippen LogP contribution in [0.3, 0.4) is 0 Å². The Balaban J connectivity index is 2.14. The molecule has 0 aromatic heterocycles. The summed E-state index contributed by atoms with van der Waals surface area (Å²) in [6.07, 6.45) is -1.46. The van der Waals surface area contributed by atoms with Crippen molar-refractivity contribution >= 4 is 17.2 Å². The van der Waals surface area contributed by atoms with E-state index in [1.165, 1.54) is 0 Å². The predicted octanol–water partition coefficient (Wildman–Crippen LogP) is 1.71. The standard InChI is InChI=1S/C10H17F3N2OS/c11-10(12,13)7-16-6-5-15(8-1-2-8)4-3-9(14)17/h8H,1-7H2,(H2,14,17). The van der Waals surface area contributed by atoms with Gasteiger partial charge in [-0.25, -0.2) is 0 Å². The van der Waals surface area contributed by atoms with Gasteiger partial charge >= 0.3 is 6.18 Å². The number of alkyl halides is 3. The smallest absolute Gasteiger partial charge is 0.393 e. The topological polar surface area (TPSA) is 38.5 Å². The number of thiocarbonyl (C=S) groups is 1. The SMILES string of the molecule is NC(=S)CCN(CCOCC(F)(F)F)C1CC1. The van der Waals surface area contributed by atoms with E-state index in [-0.39, 0.29) is 6.61 Å². The van der Waals surface area contributed by atoms with Crippen LogP contribution >= 0.6 is 12.2 Å². The fraction of sp³-hybridized carbons (Fsp3) is 0.900. The molecular weight excluding hydrogens is 253 g/mol. The minimum Gasteiger partial charge on any atom is -0.393 e. The fourth-order valence-corrected chi connectivity index (χ4v) is 1.63. The lowest BCUT2D eigenvalue weighted by Crippen LogP contribution is -2.33. The van der Waals surface area contributed by atoms with Gasteiger partial charge in [0.25, 0.3) is 0 Å². The van der Waals surface area contributed by atoms with Crippen LogP contribution in [-0.2, 0) is 4.74 Å². The molecule has 2 N–H and O–H groups in total. The van der Waals surface area contributed by atoms with Gasteiger partial charge in [0.15, 0.2) is 0 Å². The highest BCUT2D eigenvalue weighted by molar-refractivity contribution is 7.80. The molecule has 0 aromatic carbocycles. The van der Waals surface area contributed by atoms with E-state index in [2.05, 4.69) is 9.64 Å². The van der Waals surface area contributed by atoms with E-state index in [1.54, 1.807) is 0 Å². The molecule has 0 saturated heterocycles. The van der Waals surface area contributed by atoms with Gasteiger partial charge in [0.1, 0.15) is 6.61 Å². The second kappa shape index (κ2) is 6.51. The highest BCUT2D eigenvalue weighted by atomic mass is 32.1. The quantitative estimate of drug-likeness (QED) is 0.538. The summed E-state index contributed by atoms with van der Waals surface area (Å²) in [5.41, 5.74) is 5.40. The Morgan fingerprint density at radius 1 is 1.35 bits per heavy atom. The third-order valence-corrected chi connectivity index (χ3v) is 2.70. The zero-order valence-electron chi connectivity index (χ0n) is 9.50. The molecule has 0 heterocycles. The maximum atomic E-state index is 11.8. The van der Waals surface area contributed by atoms with Crippen LogP contribution in [0.2, 0.25) is 0 Å². The van der Waals surface area contributed by atoms with Crippen LogP contribution in [0.5, 0.6) is 0 Å². The molecule has 1 fully saturated rings. The van der Waals surface area contributed by atoms with Gasteiger partial charge in [-0.3, -0.25) is 4.90 Å². The zero-order valence-corrected chi connectivity index (χ0v) is 10.3. The van der Waals surface area contributed by atoms with Crippen LogP contribution in [0.4, 0.5) is 13.2 Å². The van der Waals surface area contributed by atoms with Gasteiger partial charge in [-0.15, -0.1) is 0 Å². The lowest BCUT2D eigenvalue weighted by Gasteiger charge is -2.21. The van der Waals surface area contributed by atoms with E-state index in [1.807, 2.05) is 0 Å². The minimum absolute atomic E-state index is 0.0906. The van der Waals surface area contributed by atoms with E-state index in [4.69, 9.17) is 18.0 Å². The molecule has 100 valence electrons. The molecule has 0 amide bonds. The molecule has 0 bridgehead atoms. The van der Waals surface area contributed by atoms with Crippen molar-refractivity contribution in [2.75, 3.05) is 26.3 Å². The molecule has 0 spiro atoms. The molecular formula is C10H17F3N2OS. The van der Waals surface area contributed by atoms with Crippen LogP contribution in [0.15, 0.2) is 0 Å². The van der Waals surface area contributed by atoms with Gasteiger partial charge < -0.3 is 10.5 Å². The molecule has 0 aliphatic heterocycles. The van der Waals surface area contributed by atoms with Crippen molar-refractivity contribution in [1.82, 2.24) is 4.90 Å². The van der Waals surface area contributed by atoms with Gasteiger partial charge in [-0.05, 0) is 12.8 Å². The average molecular weight is 270 g/mol. The first-order valence-electron chi connectivity index (χ1n) is 5.55.